The second-order valence-electron chi connectivity index (χ2n) is 6.86. The summed E-state index contributed by atoms with van der Waals surface area (Å²) in [6, 6.07) is 14.6. The van der Waals surface area contributed by atoms with Crippen LogP contribution in [0.2, 0.25) is 0 Å². The third kappa shape index (κ3) is 3.32. The highest BCUT2D eigenvalue weighted by Gasteiger charge is 2.23. The number of nitrogens with one attached hydrogen (secondary N) is 1. The van der Waals surface area contributed by atoms with Gasteiger partial charge >= 0.3 is 0 Å². The first-order valence-corrected chi connectivity index (χ1v) is 9.52. The maximum atomic E-state index is 13.1. The van der Waals surface area contributed by atoms with Gasteiger partial charge in [0.2, 0.25) is 11.5 Å². The summed E-state index contributed by atoms with van der Waals surface area (Å²) in [6.07, 6.45) is 2.29. The summed E-state index contributed by atoms with van der Waals surface area (Å²) in [4.78, 5) is 30.1. The van der Waals surface area contributed by atoms with Gasteiger partial charge in [-0.1, -0.05) is 23.2 Å². The number of aryl methyl sites for hydroxylation is 2. The Bertz CT molecular complexity index is 1310. The molecule has 8 nitrogen and oxygen atoms in total. The number of aromatic nitrogens is 3. The average Bonchev–Trinajstić information content (AvgIpc) is 2.78. The molecule has 0 fully saturated rings. The van der Waals surface area contributed by atoms with Gasteiger partial charge in [0.25, 0.3) is 17.1 Å². The number of fused-ring (bicyclic) bond motifs is 2. The Morgan fingerprint density at radius 2 is 2.00 bits per heavy atom. The minimum Gasteiger partial charge on any atom is -0.497 e. The summed E-state index contributed by atoms with van der Waals surface area (Å²) in [7, 11) is 3.15. The number of hydrogen-bond acceptors (Lipinski definition) is 5. The molecule has 152 valence electrons. The first-order valence-electron chi connectivity index (χ1n) is 9.52. The second-order valence-corrected chi connectivity index (χ2v) is 6.86. The van der Waals surface area contributed by atoms with Gasteiger partial charge in [0.1, 0.15) is 16.7 Å². The van der Waals surface area contributed by atoms with E-state index in [1.54, 1.807) is 30.0 Å². The normalized spacial score (nSPS) is 11.0. The number of nitrogen functional groups attached to an aromatic ring is 1. The van der Waals surface area contributed by atoms with Crippen LogP contribution < -0.4 is 25.9 Å². The SMILES string of the molecule is CNC(=O)c1cc2c(=O)n3ccccc3nc2[n+](CCc2ccc(OC)cc2)c1N. The van der Waals surface area contributed by atoms with E-state index in [-0.39, 0.29) is 22.8 Å². The van der Waals surface area contributed by atoms with E-state index >= 15 is 0 Å². The molecule has 0 radical (unpaired) electrons. The number of carbonyl (C=O) groups is 1. The highest BCUT2D eigenvalue weighted by molar-refractivity contribution is 6.00. The van der Waals surface area contributed by atoms with Crippen molar-refractivity contribution in [2.45, 2.75) is 13.0 Å². The molecule has 3 N–H and O–H groups in total. The number of nitrogens with two attached hydrogens (primary N) is 1. The predicted molar refractivity (Wildman–Crippen MR) is 114 cm³/mol. The summed E-state index contributed by atoms with van der Waals surface area (Å²) >= 11 is 0. The van der Waals surface area contributed by atoms with Gasteiger partial charge in [-0.3, -0.25) is 14.0 Å². The lowest BCUT2D eigenvalue weighted by Crippen LogP contribution is -2.43. The van der Waals surface area contributed by atoms with Gasteiger partial charge in [-0.05, 0) is 35.9 Å². The molecule has 3 heterocycles. The Balaban J connectivity index is 1.89. The van der Waals surface area contributed by atoms with Gasteiger partial charge in [0.05, 0.1) is 13.7 Å². The number of hydrogen-bond donors (Lipinski definition) is 2. The molecule has 4 rings (SSSR count). The number of nitrogens with zero attached hydrogens (tertiary/aromatic N) is 3. The molecular weight excluding hydrogens is 382 g/mol. The fraction of sp³-hybridized carbons (Fsp3) is 0.182. The molecule has 3 aromatic heterocycles. The van der Waals surface area contributed by atoms with Gasteiger partial charge in [0, 0.05) is 19.7 Å². The van der Waals surface area contributed by atoms with E-state index in [9.17, 15) is 9.59 Å². The van der Waals surface area contributed by atoms with E-state index in [2.05, 4.69) is 10.3 Å². The van der Waals surface area contributed by atoms with Crippen molar-refractivity contribution in [1.82, 2.24) is 14.7 Å². The van der Waals surface area contributed by atoms with Crippen molar-refractivity contribution in [3.63, 3.8) is 0 Å². The fourth-order valence-corrected chi connectivity index (χ4v) is 3.48. The number of amides is 1. The zero-order chi connectivity index (χ0) is 21.3. The Morgan fingerprint density at radius 1 is 1.23 bits per heavy atom. The maximum Gasteiger partial charge on any atom is 0.278 e. The lowest BCUT2D eigenvalue weighted by molar-refractivity contribution is -0.658. The molecule has 1 amide bonds. The van der Waals surface area contributed by atoms with Gasteiger partial charge < -0.3 is 15.8 Å². The van der Waals surface area contributed by atoms with Crippen LogP contribution in [0.1, 0.15) is 15.9 Å². The predicted octanol–water partition coefficient (Wildman–Crippen LogP) is 1.33. The van der Waals surface area contributed by atoms with Crippen LogP contribution >= 0.6 is 0 Å². The Kier molecular flexibility index (Phi) is 5.05. The summed E-state index contributed by atoms with van der Waals surface area (Å²) in [6.45, 7) is 0.453. The molecule has 1 aromatic carbocycles. The number of pyridine rings is 2. The van der Waals surface area contributed by atoms with Crippen molar-refractivity contribution in [3.8, 4) is 5.75 Å². The van der Waals surface area contributed by atoms with E-state index in [1.165, 1.54) is 17.5 Å². The molecule has 30 heavy (non-hydrogen) atoms. The number of carbonyl (C=O) groups excluding carboxylic acids is 1. The second kappa shape index (κ2) is 7.82. The fourth-order valence-electron chi connectivity index (χ4n) is 3.48. The van der Waals surface area contributed by atoms with Crippen molar-refractivity contribution in [2.24, 2.45) is 0 Å². The Morgan fingerprint density at radius 3 is 2.70 bits per heavy atom. The van der Waals surface area contributed by atoms with Crippen molar-refractivity contribution >= 4 is 28.4 Å². The molecular formula is C22H22N5O3+. The zero-order valence-electron chi connectivity index (χ0n) is 16.8. The molecule has 0 aliphatic rings. The quantitative estimate of drug-likeness (QED) is 0.386. The summed E-state index contributed by atoms with van der Waals surface area (Å²) in [5, 5.41) is 2.92. The first kappa shape index (κ1) is 19.4. The van der Waals surface area contributed by atoms with Crippen LogP contribution in [0.3, 0.4) is 0 Å². The highest BCUT2D eigenvalue weighted by atomic mass is 16.5. The summed E-state index contributed by atoms with van der Waals surface area (Å²) in [5.41, 5.74) is 8.39. The molecule has 0 unspecified atom stereocenters. The first-order chi connectivity index (χ1) is 14.5. The monoisotopic (exact) mass is 404 g/mol. The van der Waals surface area contributed by atoms with E-state index < -0.39 is 0 Å². The molecule has 0 bridgehead atoms. The van der Waals surface area contributed by atoms with Crippen LogP contribution in [0.15, 0.2) is 59.5 Å². The molecule has 4 aromatic rings. The standard InChI is InChI=1S/C22H21N5O3/c1-24-21(28)16-13-17-20(25-18-5-3-4-11-26(18)22(17)29)27(19(16)23)12-10-14-6-8-15(30-2)9-7-14/h3-9,11,13,23H,10,12H2,1-2H3,(H,24,28)/p+1. The molecule has 0 saturated heterocycles. The molecule has 0 spiro atoms. The summed E-state index contributed by atoms with van der Waals surface area (Å²) in [5.74, 6) is 0.687. The summed E-state index contributed by atoms with van der Waals surface area (Å²) < 4.78 is 8.39. The molecule has 0 aliphatic heterocycles. The van der Waals surface area contributed by atoms with Crippen molar-refractivity contribution < 1.29 is 14.1 Å². The van der Waals surface area contributed by atoms with E-state index in [4.69, 9.17) is 10.5 Å². The van der Waals surface area contributed by atoms with E-state index in [0.29, 0.717) is 29.6 Å². The molecule has 0 aliphatic carbocycles. The highest BCUT2D eigenvalue weighted by Crippen LogP contribution is 2.16. The number of benzene rings is 1. The van der Waals surface area contributed by atoms with Crippen LogP contribution in [0.4, 0.5) is 5.82 Å². The molecule has 0 saturated carbocycles. The lowest BCUT2D eigenvalue weighted by Gasteiger charge is -2.12. The minimum absolute atomic E-state index is 0.245. The van der Waals surface area contributed by atoms with Crippen molar-refractivity contribution in [3.05, 3.63) is 76.2 Å². The third-order valence-electron chi connectivity index (χ3n) is 5.11. The largest absolute Gasteiger partial charge is 0.497 e. The number of ether oxygens (including phenoxy) is 1. The lowest BCUT2D eigenvalue weighted by atomic mass is 10.1. The average molecular weight is 404 g/mol. The van der Waals surface area contributed by atoms with Crippen LogP contribution in [-0.2, 0) is 13.0 Å². The molecule has 8 heteroatoms. The van der Waals surface area contributed by atoms with Crippen molar-refractivity contribution in [2.75, 3.05) is 19.9 Å². The van der Waals surface area contributed by atoms with Gasteiger partial charge in [0.15, 0.2) is 0 Å². The van der Waals surface area contributed by atoms with Gasteiger partial charge in [-0.15, -0.1) is 0 Å². The zero-order valence-corrected chi connectivity index (χ0v) is 16.8. The van der Waals surface area contributed by atoms with Gasteiger partial charge in [-0.25, -0.2) is 4.57 Å². The van der Waals surface area contributed by atoms with Crippen LogP contribution in [-0.4, -0.2) is 29.4 Å². The topological polar surface area (TPSA) is 103 Å². The third-order valence-corrected chi connectivity index (χ3v) is 5.11. The Labute approximate surface area is 172 Å². The minimum atomic E-state index is -0.356. The van der Waals surface area contributed by atoms with Crippen molar-refractivity contribution in [1.29, 1.82) is 0 Å². The smallest absolute Gasteiger partial charge is 0.278 e. The van der Waals surface area contributed by atoms with E-state index in [1.807, 2.05) is 30.3 Å². The Hall–Kier alpha value is -3.94. The van der Waals surface area contributed by atoms with Crippen LogP contribution in [0.5, 0.6) is 5.75 Å². The van der Waals surface area contributed by atoms with Crippen LogP contribution in [0.25, 0.3) is 16.7 Å². The van der Waals surface area contributed by atoms with E-state index in [0.717, 1.165) is 11.3 Å². The van der Waals surface area contributed by atoms with Crippen LogP contribution in [0, 0.1) is 0 Å². The maximum absolute atomic E-state index is 13.1. The number of methoxy groups -OCH3 is 1. The van der Waals surface area contributed by atoms with Gasteiger partial charge in [-0.2, -0.15) is 0 Å². The molecule has 0 atom stereocenters. The number of anilines is 1. The number of rotatable bonds is 5.